The highest BCUT2D eigenvalue weighted by atomic mass is 16.3. The zero-order chi connectivity index (χ0) is 20.2. The van der Waals surface area contributed by atoms with E-state index in [1.54, 1.807) is 0 Å². The van der Waals surface area contributed by atoms with Gasteiger partial charge in [0.15, 0.2) is 0 Å². The van der Waals surface area contributed by atoms with Gasteiger partial charge in [-0.2, -0.15) is 0 Å². The molecule has 1 heterocycles. The molecule has 4 aliphatic carbocycles. The summed E-state index contributed by atoms with van der Waals surface area (Å²) in [7, 11) is 0. The van der Waals surface area contributed by atoms with Crippen LogP contribution in [0.4, 0.5) is 0 Å². The van der Waals surface area contributed by atoms with Gasteiger partial charge in [0.05, 0.1) is 12.1 Å². The lowest BCUT2D eigenvalue weighted by molar-refractivity contribution is -0.133. The van der Waals surface area contributed by atoms with E-state index >= 15 is 0 Å². The van der Waals surface area contributed by atoms with E-state index in [9.17, 15) is 9.90 Å². The molecule has 0 aromatic rings. The Labute approximate surface area is 177 Å². The SMILES string of the molecule is CC1(O)CCC2C(CCC3C2CCC2(C)C(C(=O)CN4CCNCC4)CCC32)C1. The number of fused-ring (bicyclic) bond motifs is 5. The molecule has 4 heteroatoms. The predicted molar refractivity (Wildman–Crippen MR) is 116 cm³/mol. The topological polar surface area (TPSA) is 52.6 Å². The van der Waals surface area contributed by atoms with E-state index < -0.39 is 5.60 Å². The lowest BCUT2D eigenvalue weighted by Crippen LogP contribution is -2.52. The fraction of sp³-hybridized carbons (Fsp3) is 0.960. The molecule has 0 radical (unpaired) electrons. The molecular formula is C25H42N2O2. The van der Waals surface area contributed by atoms with Crippen LogP contribution in [0.2, 0.25) is 0 Å². The maximum Gasteiger partial charge on any atom is 0.150 e. The number of ketones is 1. The molecule has 0 spiro atoms. The minimum absolute atomic E-state index is 0.249. The van der Waals surface area contributed by atoms with Gasteiger partial charge in [0, 0.05) is 32.1 Å². The lowest BCUT2D eigenvalue weighted by atomic mass is 9.49. The number of hydrogen-bond acceptors (Lipinski definition) is 4. The van der Waals surface area contributed by atoms with Gasteiger partial charge in [-0.1, -0.05) is 6.92 Å². The highest BCUT2D eigenvalue weighted by molar-refractivity contribution is 5.84. The van der Waals surface area contributed by atoms with Gasteiger partial charge in [0.25, 0.3) is 0 Å². The summed E-state index contributed by atoms with van der Waals surface area (Å²) in [5.41, 5.74) is -0.175. The molecule has 1 saturated heterocycles. The first-order valence-electron chi connectivity index (χ1n) is 12.6. The molecule has 8 atom stereocenters. The molecule has 4 nitrogen and oxygen atoms in total. The Bertz CT molecular complexity index is 628. The van der Waals surface area contributed by atoms with Crippen LogP contribution in [-0.2, 0) is 4.79 Å². The Kier molecular flexibility index (Phi) is 5.36. The van der Waals surface area contributed by atoms with Gasteiger partial charge in [-0.05, 0) is 99.7 Å². The van der Waals surface area contributed by atoms with Gasteiger partial charge in [-0.15, -0.1) is 0 Å². The Hall–Kier alpha value is -0.450. The van der Waals surface area contributed by atoms with Crippen molar-refractivity contribution in [2.45, 2.75) is 77.2 Å². The Morgan fingerprint density at radius 3 is 2.52 bits per heavy atom. The molecular weight excluding hydrogens is 360 g/mol. The molecule has 1 aliphatic heterocycles. The summed E-state index contributed by atoms with van der Waals surface area (Å²) in [4.78, 5) is 15.7. The molecule has 8 unspecified atom stereocenters. The van der Waals surface area contributed by atoms with E-state index in [4.69, 9.17) is 0 Å². The van der Waals surface area contributed by atoms with Crippen LogP contribution < -0.4 is 5.32 Å². The summed E-state index contributed by atoms with van der Waals surface area (Å²) < 4.78 is 0. The van der Waals surface area contributed by atoms with Gasteiger partial charge in [0.2, 0.25) is 0 Å². The monoisotopic (exact) mass is 402 g/mol. The average Bonchev–Trinajstić information content (AvgIpc) is 3.05. The van der Waals surface area contributed by atoms with E-state index in [1.807, 2.05) is 0 Å². The summed E-state index contributed by atoms with van der Waals surface area (Å²) in [5.74, 6) is 4.90. The summed E-state index contributed by atoms with van der Waals surface area (Å²) in [5, 5.41) is 14.0. The van der Waals surface area contributed by atoms with Gasteiger partial charge in [0.1, 0.15) is 5.78 Å². The zero-order valence-corrected chi connectivity index (χ0v) is 18.7. The predicted octanol–water partition coefficient (Wildman–Crippen LogP) is 3.48. The molecule has 0 aromatic heterocycles. The summed E-state index contributed by atoms with van der Waals surface area (Å²) in [6.45, 7) is 9.32. The molecule has 164 valence electrons. The van der Waals surface area contributed by atoms with E-state index in [-0.39, 0.29) is 5.41 Å². The molecule has 4 saturated carbocycles. The number of hydrogen-bond donors (Lipinski definition) is 2. The van der Waals surface area contributed by atoms with Gasteiger partial charge in [-0.25, -0.2) is 0 Å². The quantitative estimate of drug-likeness (QED) is 0.759. The number of nitrogens with zero attached hydrogens (tertiary/aromatic N) is 1. The first-order valence-corrected chi connectivity index (χ1v) is 12.6. The standard InChI is InChI=1S/C25H42N2O2/c1-24(29)9-7-18-17(15-24)3-4-20-19(18)8-10-25(2)21(20)5-6-22(25)23(28)16-27-13-11-26-12-14-27/h17-22,26,29H,3-16H2,1-2H3. The van der Waals surface area contributed by atoms with Crippen LogP contribution in [0.5, 0.6) is 0 Å². The Morgan fingerprint density at radius 2 is 1.72 bits per heavy atom. The fourth-order valence-corrected chi connectivity index (χ4v) is 8.81. The summed E-state index contributed by atoms with van der Waals surface area (Å²) in [6.07, 6.45) is 10.9. The second kappa shape index (κ2) is 7.60. The third-order valence-electron chi connectivity index (χ3n) is 10.2. The fourth-order valence-electron chi connectivity index (χ4n) is 8.81. The molecule has 5 fully saturated rings. The molecule has 2 N–H and O–H groups in total. The van der Waals surface area contributed by atoms with Crippen LogP contribution in [0.25, 0.3) is 0 Å². The molecule has 0 amide bonds. The highest BCUT2D eigenvalue weighted by Crippen LogP contribution is 2.64. The van der Waals surface area contributed by atoms with Crippen LogP contribution in [0.15, 0.2) is 0 Å². The van der Waals surface area contributed by atoms with Crippen molar-refractivity contribution in [2.24, 2.45) is 40.9 Å². The van der Waals surface area contributed by atoms with Crippen molar-refractivity contribution in [3.63, 3.8) is 0 Å². The van der Waals surface area contributed by atoms with Crippen molar-refractivity contribution >= 4 is 5.78 Å². The number of piperazine rings is 1. The van der Waals surface area contributed by atoms with Crippen molar-refractivity contribution in [3.8, 4) is 0 Å². The normalized spacial score (nSPS) is 50.4. The van der Waals surface area contributed by atoms with Crippen molar-refractivity contribution < 1.29 is 9.90 Å². The van der Waals surface area contributed by atoms with E-state index in [0.717, 1.165) is 75.0 Å². The zero-order valence-electron chi connectivity index (χ0n) is 18.7. The average molecular weight is 403 g/mol. The Morgan fingerprint density at radius 1 is 0.966 bits per heavy atom. The highest BCUT2D eigenvalue weighted by Gasteiger charge is 2.58. The first-order chi connectivity index (χ1) is 13.9. The van der Waals surface area contributed by atoms with Crippen LogP contribution >= 0.6 is 0 Å². The van der Waals surface area contributed by atoms with Gasteiger partial charge < -0.3 is 10.4 Å². The first kappa shape index (κ1) is 20.5. The summed E-state index contributed by atoms with van der Waals surface area (Å²) >= 11 is 0. The van der Waals surface area contributed by atoms with Crippen molar-refractivity contribution in [2.75, 3.05) is 32.7 Å². The van der Waals surface area contributed by atoms with Crippen molar-refractivity contribution in [1.82, 2.24) is 10.2 Å². The molecule has 29 heavy (non-hydrogen) atoms. The van der Waals surface area contributed by atoms with Crippen LogP contribution in [-0.4, -0.2) is 54.1 Å². The van der Waals surface area contributed by atoms with E-state index in [2.05, 4.69) is 24.1 Å². The number of rotatable bonds is 3. The third kappa shape index (κ3) is 3.61. The molecule has 5 rings (SSSR count). The van der Waals surface area contributed by atoms with Crippen molar-refractivity contribution in [1.29, 1.82) is 0 Å². The van der Waals surface area contributed by atoms with Crippen LogP contribution in [0, 0.1) is 40.9 Å². The van der Waals surface area contributed by atoms with Gasteiger partial charge in [-0.3, -0.25) is 9.69 Å². The second-order valence-electron chi connectivity index (χ2n) is 11.8. The maximum absolute atomic E-state index is 13.3. The Balaban J connectivity index is 1.28. The lowest BCUT2D eigenvalue weighted by Gasteiger charge is -2.57. The molecule has 5 aliphatic rings. The van der Waals surface area contributed by atoms with Crippen LogP contribution in [0.1, 0.15) is 71.6 Å². The third-order valence-corrected chi connectivity index (χ3v) is 10.2. The molecule has 0 aromatic carbocycles. The van der Waals surface area contributed by atoms with Gasteiger partial charge >= 0.3 is 0 Å². The summed E-state index contributed by atoms with van der Waals surface area (Å²) in [6, 6.07) is 0. The number of aliphatic hydroxyl groups is 1. The minimum atomic E-state index is -0.425. The number of carbonyl (C=O) groups excluding carboxylic acids is 1. The number of nitrogens with one attached hydrogen (secondary N) is 1. The van der Waals surface area contributed by atoms with Crippen molar-refractivity contribution in [3.05, 3.63) is 0 Å². The number of Topliss-reactive ketones (excluding diaryl/α,β-unsaturated/α-hetero) is 1. The second-order valence-corrected chi connectivity index (χ2v) is 11.8. The van der Waals surface area contributed by atoms with Crippen LogP contribution in [0.3, 0.4) is 0 Å². The molecule has 0 bridgehead atoms. The van der Waals surface area contributed by atoms with E-state index in [0.29, 0.717) is 18.2 Å². The maximum atomic E-state index is 13.3. The number of carbonyl (C=O) groups is 1. The largest absolute Gasteiger partial charge is 0.390 e. The minimum Gasteiger partial charge on any atom is -0.390 e. The van der Waals surface area contributed by atoms with E-state index in [1.165, 1.54) is 38.5 Å². The smallest absolute Gasteiger partial charge is 0.150 e.